The highest BCUT2D eigenvalue weighted by atomic mass is 19.4. The monoisotopic (exact) mass is 260 g/mol. The topological polar surface area (TPSA) is 64.3 Å². The molecule has 0 aromatic carbocycles. The SMILES string of the molecule is COn1c(C(=O)O)cc2c(C(F)(F)F)cncc21. The largest absolute Gasteiger partial charge is 0.476 e. The Morgan fingerprint density at radius 2 is 2.11 bits per heavy atom. The fourth-order valence-electron chi connectivity index (χ4n) is 1.67. The van der Waals surface area contributed by atoms with Crippen LogP contribution in [0, 0.1) is 0 Å². The second-order valence-electron chi connectivity index (χ2n) is 3.43. The molecule has 2 rings (SSSR count). The van der Waals surface area contributed by atoms with E-state index in [1.807, 2.05) is 0 Å². The Balaban J connectivity index is 2.84. The first-order chi connectivity index (χ1) is 8.36. The molecule has 0 amide bonds. The van der Waals surface area contributed by atoms with Gasteiger partial charge in [0.1, 0.15) is 12.6 Å². The fourth-order valence-corrected chi connectivity index (χ4v) is 1.67. The smallest absolute Gasteiger partial charge is 0.418 e. The lowest BCUT2D eigenvalue weighted by atomic mass is 10.2. The predicted octanol–water partition coefficient (Wildman–Crippen LogP) is 1.81. The Kier molecular flexibility index (Phi) is 2.64. The van der Waals surface area contributed by atoms with Crippen LogP contribution in [0.2, 0.25) is 0 Å². The number of aromatic nitrogens is 2. The molecule has 0 aliphatic rings. The zero-order chi connectivity index (χ0) is 13.5. The van der Waals surface area contributed by atoms with E-state index in [1.165, 1.54) is 0 Å². The summed E-state index contributed by atoms with van der Waals surface area (Å²) in [7, 11) is 1.16. The zero-order valence-corrected chi connectivity index (χ0v) is 9.02. The van der Waals surface area contributed by atoms with Crippen molar-refractivity contribution in [3.63, 3.8) is 0 Å². The first kappa shape index (κ1) is 12.2. The Morgan fingerprint density at radius 1 is 1.44 bits per heavy atom. The van der Waals surface area contributed by atoms with Gasteiger partial charge in [0.25, 0.3) is 0 Å². The number of pyridine rings is 1. The normalized spacial score (nSPS) is 11.8. The molecule has 0 unspecified atom stereocenters. The number of nitrogens with zero attached hydrogens (tertiary/aromatic N) is 2. The minimum Gasteiger partial charge on any atom is -0.476 e. The number of fused-ring (bicyclic) bond motifs is 1. The maximum atomic E-state index is 12.7. The van der Waals surface area contributed by atoms with Crippen molar-refractivity contribution in [1.82, 2.24) is 9.71 Å². The van der Waals surface area contributed by atoms with Gasteiger partial charge in [-0.3, -0.25) is 4.98 Å². The van der Waals surface area contributed by atoms with E-state index >= 15 is 0 Å². The summed E-state index contributed by atoms with van der Waals surface area (Å²) in [6.45, 7) is 0. The van der Waals surface area contributed by atoms with Crippen LogP contribution in [-0.4, -0.2) is 27.9 Å². The third-order valence-corrected chi connectivity index (χ3v) is 2.39. The highest BCUT2D eigenvalue weighted by molar-refractivity contribution is 5.95. The number of hydrogen-bond donors (Lipinski definition) is 1. The molecule has 1 N–H and O–H groups in total. The second kappa shape index (κ2) is 3.90. The van der Waals surface area contributed by atoms with Crippen molar-refractivity contribution in [1.29, 1.82) is 0 Å². The summed E-state index contributed by atoms with van der Waals surface area (Å²) in [6.07, 6.45) is -2.85. The Hall–Kier alpha value is -2.25. The van der Waals surface area contributed by atoms with Crippen LogP contribution in [0.3, 0.4) is 0 Å². The van der Waals surface area contributed by atoms with E-state index < -0.39 is 23.4 Å². The lowest BCUT2D eigenvalue weighted by molar-refractivity contribution is -0.136. The number of carboxylic acid groups (broad SMARTS) is 1. The van der Waals surface area contributed by atoms with Crippen molar-refractivity contribution in [2.45, 2.75) is 6.18 Å². The third-order valence-electron chi connectivity index (χ3n) is 2.39. The molecule has 0 saturated heterocycles. The molecule has 0 bridgehead atoms. The number of rotatable bonds is 2. The summed E-state index contributed by atoms with van der Waals surface area (Å²) in [5.74, 6) is -1.39. The number of carboxylic acids is 1. The maximum absolute atomic E-state index is 12.7. The third kappa shape index (κ3) is 1.75. The van der Waals surface area contributed by atoms with E-state index in [0.717, 1.165) is 24.1 Å². The van der Waals surface area contributed by atoms with Gasteiger partial charge in [-0.2, -0.15) is 17.9 Å². The van der Waals surface area contributed by atoms with Crippen molar-refractivity contribution < 1.29 is 27.9 Å². The number of alkyl halides is 3. The predicted molar refractivity (Wildman–Crippen MR) is 54.2 cm³/mol. The molecular formula is C10H7F3N2O3. The molecule has 2 aromatic heterocycles. The van der Waals surface area contributed by atoms with Crippen molar-refractivity contribution in [3.05, 3.63) is 29.7 Å². The van der Waals surface area contributed by atoms with E-state index in [4.69, 9.17) is 9.94 Å². The molecule has 8 heteroatoms. The van der Waals surface area contributed by atoms with Crippen LogP contribution in [0.25, 0.3) is 10.9 Å². The van der Waals surface area contributed by atoms with E-state index in [-0.39, 0.29) is 10.9 Å². The van der Waals surface area contributed by atoms with Crippen molar-refractivity contribution in [3.8, 4) is 0 Å². The average molecular weight is 260 g/mol. The Bertz CT molecular complexity index is 619. The molecular weight excluding hydrogens is 253 g/mol. The minimum absolute atomic E-state index is 0.0512. The standard InChI is InChI=1S/C10H7F3N2O3/c1-18-15-7(9(16)17)2-5-6(10(11,12)13)3-14-4-8(5)15/h2-4H,1H3,(H,16,17). The molecule has 5 nitrogen and oxygen atoms in total. The summed E-state index contributed by atoms with van der Waals surface area (Å²) < 4.78 is 39.0. The van der Waals surface area contributed by atoms with Gasteiger partial charge in [0, 0.05) is 11.6 Å². The summed E-state index contributed by atoms with van der Waals surface area (Å²) in [6, 6.07) is 0.908. The molecule has 0 radical (unpaired) electrons. The van der Waals surface area contributed by atoms with Crippen LogP contribution in [0.5, 0.6) is 0 Å². The van der Waals surface area contributed by atoms with Gasteiger partial charge in [-0.25, -0.2) is 4.79 Å². The molecule has 2 aromatic rings. The van der Waals surface area contributed by atoms with Crippen LogP contribution in [0.4, 0.5) is 13.2 Å². The molecule has 2 heterocycles. The van der Waals surface area contributed by atoms with Crippen LogP contribution >= 0.6 is 0 Å². The minimum atomic E-state index is -4.61. The van der Waals surface area contributed by atoms with Gasteiger partial charge in [0.2, 0.25) is 0 Å². The van der Waals surface area contributed by atoms with Crippen LogP contribution < -0.4 is 4.84 Å². The molecule has 0 saturated carbocycles. The Morgan fingerprint density at radius 3 is 2.61 bits per heavy atom. The van der Waals surface area contributed by atoms with Gasteiger partial charge < -0.3 is 9.94 Å². The van der Waals surface area contributed by atoms with E-state index in [1.54, 1.807) is 0 Å². The highest BCUT2D eigenvalue weighted by Crippen LogP contribution is 2.35. The number of halogens is 3. The highest BCUT2D eigenvalue weighted by Gasteiger charge is 2.34. The molecule has 0 aliphatic heterocycles. The van der Waals surface area contributed by atoms with Gasteiger partial charge in [-0.05, 0) is 6.07 Å². The summed E-state index contributed by atoms with van der Waals surface area (Å²) >= 11 is 0. The second-order valence-corrected chi connectivity index (χ2v) is 3.43. The lowest BCUT2D eigenvalue weighted by Crippen LogP contribution is -2.13. The van der Waals surface area contributed by atoms with Crippen LogP contribution in [0.15, 0.2) is 18.5 Å². The maximum Gasteiger partial charge on any atom is 0.418 e. The number of aromatic carboxylic acids is 1. The van der Waals surface area contributed by atoms with Gasteiger partial charge in [-0.15, -0.1) is 0 Å². The van der Waals surface area contributed by atoms with E-state index in [0.29, 0.717) is 6.20 Å². The van der Waals surface area contributed by atoms with Crippen LogP contribution in [0.1, 0.15) is 16.1 Å². The van der Waals surface area contributed by atoms with Crippen molar-refractivity contribution >= 4 is 16.9 Å². The quantitative estimate of drug-likeness (QED) is 0.894. The first-order valence-electron chi connectivity index (χ1n) is 4.70. The van der Waals surface area contributed by atoms with Gasteiger partial charge in [0.15, 0.2) is 5.69 Å². The number of hydrogen-bond acceptors (Lipinski definition) is 3. The molecule has 0 aliphatic carbocycles. The summed E-state index contributed by atoms with van der Waals surface area (Å²) in [5.41, 5.74) is -1.45. The Labute approximate surface area is 98.4 Å². The van der Waals surface area contributed by atoms with Crippen molar-refractivity contribution in [2.24, 2.45) is 0 Å². The fraction of sp³-hybridized carbons (Fsp3) is 0.200. The average Bonchev–Trinajstić information content (AvgIpc) is 2.65. The zero-order valence-electron chi connectivity index (χ0n) is 9.02. The summed E-state index contributed by atoms with van der Waals surface area (Å²) in [4.78, 5) is 19.1. The summed E-state index contributed by atoms with van der Waals surface area (Å²) in [5, 5.41) is 8.62. The molecule has 0 fully saturated rings. The van der Waals surface area contributed by atoms with E-state index in [2.05, 4.69) is 4.98 Å². The number of carbonyl (C=O) groups is 1. The van der Waals surface area contributed by atoms with Gasteiger partial charge in [0.05, 0.1) is 11.8 Å². The molecule has 0 atom stereocenters. The van der Waals surface area contributed by atoms with Gasteiger partial charge in [-0.1, -0.05) is 0 Å². The molecule has 0 spiro atoms. The van der Waals surface area contributed by atoms with Gasteiger partial charge >= 0.3 is 12.1 Å². The van der Waals surface area contributed by atoms with E-state index in [9.17, 15) is 18.0 Å². The van der Waals surface area contributed by atoms with Crippen molar-refractivity contribution in [2.75, 3.05) is 7.11 Å². The first-order valence-corrected chi connectivity index (χ1v) is 4.70. The molecule has 96 valence electrons. The van der Waals surface area contributed by atoms with Crippen LogP contribution in [-0.2, 0) is 6.18 Å². The molecule has 18 heavy (non-hydrogen) atoms. The lowest BCUT2D eigenvalue weighted by Gasteiger charge is -2.08.